The maximum absolute atomic E-state index is 11.8. The largest absolute Gasteiger partial charge is 0.465 e. The molecular formula is C29H48O4. The summed E-state index contributed by atoms with van der Waals surface area (Å²) < 4.78 is 5.68. The van der Waals surface area contributed by atoms with Crippen molar-refractivity contribution in [1.82, 2.24) is 0 Å². The normalized spacial score (nSPS) is 43.3. The molecule has 0 radical (unpaired) electrons. The lowest BCUT2D eigenvalue weighted by atomic mass is 9.46. The Morgan fingerprint density at radius 2 is 1.85 bits per heavy atom. The highest BCUT2D eigenvalue weighted by atomic mass is 16.5. The van der Waals surface area contributed by atoms with Crippen molar-refractivity contribution in [1.29, 1.82) is 0 Å². The molecule has 4 rings (SSSR count). The zero-order chi connectivity index (χ0) is 24.0. The second-order valence-electron chi connectivity index (χ2n) is 12.8. The highest BCUT2D eigenvalue weighted by Crippen LogP contribution is 2.67. The Kier molecular flexibility index (Phi) is 7.37. The van der Waals surface area contributed by atoms with E-state index in [0.29, 0.717) is 30.3 Å². The van der Waals surface area contributed by atoms with Gasteiger partial charge in [0.05, 0.1) is 12.2 Å². The molecule has 0 aromatic carbocycles. The summed E-state index contributed by atoms with van der Waals surface area (Å²) in [6.07, 6.45) is 12.3. The monoisotopic (exact) mass is 460 g/mol. The second-order valence-corrected chi connectivity index (χ2v) is 12.8. The predicted octanol–water partition coefficient (Wildman–Crippen LogP) is 5.90. The molecule has 4 aliphatic rings. The molecule has 0 heterocycles. The van der Waals surface area contributed by atoms with Crippen molar-refractivity contribution in [2.45, 2.75) is 111 Å². The van der Waals surface area contributed by atoms with Crippen LogP contribution in [0.3, 0.4) is 0 Å². The minimum absolute atomic E-state index is 0.197. The quantitative estimate of drug-likeness (QED) is 0.366. The minimum Gasteiger partial charge on any atom is -0.465 e. The van der Waals surface area contributed by atoms with Crippen molar-refractivity contribution < 1.29 is 19.7 Å². The molecule has 0 aromatic rings. The fourth-order valence-corrected chi connectivity index (χ4v) is 8.96. The number of carbonyl (C=O) groups excluding carboxylic acids is 1. The van der Waals surface area contributed by atoms with E-state index in [1.807, 2.05) is 0 Å². The number of rotatable bonds is 7. The van der Waals surface area contributed by atoms with Crippen LogP contribution in [0.2, 0.25) is 0 Å². The standard InChI is InChI=1S/C29H48O4/c1-18(2)7-6-8-19(3)23-9-10-24-27-25(12-13-28(23,24)5)29(17-33-20(4)30)14-11-22(31)15-21(29)16-26(27)32/h16,18-19,22-27,31-32H,6-15,17H2,1-5H3/t19-,22+,23-,24+,25+,26+,27+,28-,29-/m1/s1. The molecule has 0 bridgehead atoms. The molecule has 188 valence electrons. The first-order valence-corrected chi connectivity index (χ1v) is 13.8. The summed E-state index contributed by atoms with van der Waals surface area (Å²) in [7, 11) is 0. The highest BCUT2D eigenvalue weighted by molar-refractivity contribution is 5.66. The van der Waals surface area contributed by atoms with E-state index in [1.165, 1.54) is 45.4 Å². The van der Waals surface area contributed by atoms with Crippen LogP contribution in [0.15, 0.2) is 11.6 Å². The SMILES string of the molecule is CC(=O)OC[C@]12CC[C@H](O)CC1=C[C@H](O)[C@@H]1[C@@H]2CC[C@]2(C)[C@@H]([C@H](C)CCCC(C)C)CC[C@@H]12. The van der Waals surface area contributed by atoms with Gasteiger partial charge in [-0.3, -0.25) is 4.79 Å². The van der Waals surface area contributed by atoms with Gasteiger partial charge >= 0.3 is 5.97 Å². The number of fused-ring (bicyclic) bond motifs is 5. The fourth-order valence-electron chi connectivity index (χ4n) is 8.96. The lowest BCUT2D eigenvalue weighted by Crippen LogP contribution is -2.57. The van der Waals surface area contributed by atoms with Crippen molar-refractivity contribution in [2.24, 2.45) is 46.3 Å². The van der Waals surface area contributed by atoms with Crippen LogP contribution < -0.4 is 0 Å². The summed E-state index contributed by atoms with van der Waals surface area (Å²) >= 11 is 0. The molecular weight excluding hydrogens is 412 g/mol. The second kappa shape index (κ2) is 9.64. The average molecular weight is 461 g/mol. The zero-order valence-corrected chi connectivity index (χ0v) is 21.7. The summed E-state index contributed by atoms with van der Waals surface area (Å²) in [5, 5.41) is 21.8. The van der Waals surface area contributed by atoms with Crippen molar-refractivity contribution in [3.63, 3.8) is 0 Å². The van der Waals surface area contributed by atoms with E-state index in [1.54, 1.807) is 0 Å². The van der Waals surface area contributed by atoms with Crippen LogP contribution in [0, 0.1) is 46.3 Å². The summed E-state index contributed by atoms with van der Waals surface area (Å²) in [5.41, 5.74) is 1.25. The summed E-state index contributed by atoms with van der Waals surface area (Å²) in [4.78, 5) is 11.8. The third-order valence-corrected chi connectivity index (χ3v) is 10.6. The first kappa shape index (κ1) is 25.2. The average Bonchev–Trinajstić information content (AvgIpc) is 3.09. The van der Waals surface area contributed by atoms with Crippen LogP contribution in [0.25, 0.3) is 0 Å². The van der Waals surface area contributed by atoms with E-state index in [2.05, 4.69) is 33.8 Å². The van der Waals surface area contributed by atoms with E-state index in [9.17, 15) is 15.0 Å². The highest BCUT2D eigenvalue weighted by Gasteiger charge is 2.62. The number of hydrogen-bond donors (Lipinski definition) is 2. The number of esters is 1. The number of ether oxygens (including phenoxy) is 1. The van der Waals surface area contributed by atoms with Crippen LogP contribution in [0.5, 0.6) is 0 Å². The van der Waals surface area contributed by atoms with Gasteiger partial charge in [-0.2, -0.15) is 0 Å². The van der Waals surface area contributed by atoms with Crippen LogP contribution in [0.1, 0.15) is 98.8 Å². The summed E-state index contributed by atoms with van der Waals surface area (Å²) in [5.74, 6) is 3.14. The molecule has 4 nitrogen and oxygen atoms in total. The first-order valence-electron chi connectivity index (χ1n) is 13.8. The van der Waals surface area contributed by atoms with Crippen LogP contribution in [-0.4, -0.2) is 35.0 Å². The zero-order valence-electron chi connectivity index (χ0n) is 21.7. The van der Waals surface area contributed by atoms with E-state index in [4.69, 9.17) is 4.74 Å². The van der Waals surface area contributed by atoms with Crippen LogP contribution >= 0.6 is 0 Å². The number of hydrogen-bond acceptors (Lipinski definition) is 4. The molecule has 3 saturated carbocycles. The van der Waals surface area contributed by atoms with Crippen LogP contribution in [-0.2, 0) is 9.53 Å². The molecule has 0 aliphatic heterocycles. The van der Waals surface area contributed by atoms with Crippen molar-refractivity contribution in [3.05, 3.63) is 11.6 Å². The lowest BCUT2D eigenvalue weighted by Gasteiger charge is -2.60. The third kappa shape index (κ3) is 4.56. The molecule has 0 spiro atoms. The Bertz CT molecular complexity index is 744. The van der Waals surface area contributed by atoms with Crippen molar-refractivity contribution >= 4 is 5.97 Å². The van der Waals surface area contributed by atoms with Gasteiger partial charge in [0, 0.05) is 12.3 Å². The Balaban J connectivity index is 1.59. The Hall–Kier alpha value is -0.870. The molecule has 0 aromatic heterocycles. The molecule has 0 saturated heterocycles. The topological polar surface area (TPSA) is 66.8 Å². The number of aliphatic hydroxyl groups is 2. The maximum Gasteiger partial charge on any atom is 0.302 e. The Morgan fingerprint density at radius 3 is 2.55 bits per heavy atom. The van der Waals surface area contributed by atoms with Gasteiger partial charge in [-0.15, -0.1) is 0 Å². The van der Waals surface area contributed by atoms with Crippen molar-refractivity contribution in [2.75, 3.05) is 6.61 Å². The number of carbonyl (C=O) groups is 1. The molecule has 33 heavy (non-hydrogen) atoms. The van der Waals surface area contributed by atoms with E-state index in [-0.39, 0.29) is 23.4 Å². The molecule has 2 N–H and O–H groups in total. The minimum atomic E-state index is -0.444. The molecule has 0 unspecified atom stereocenters. The van der Waals surface area contributed by atoms with Crippen molar-refractivity contribution in [3.8, 4) is 0 Å². The van der Waals surface area contributed by atoms with Gasteiger partial charge in [-0.1, -0.05) is 58.6 Å². The Morgan fingerprint density at radius 1 is 1.09 bits per heavy atom. The molecule has 9 atom stereocenters. The van der Waals surface area contributed by atoms with Gasteiger partial charge in [0.1, 0.15) is 6.61 Å². The smallest absolute Gasteiger partial charge is 0.302 e. The first-order chi connectivity index (χ1) is 15.6. The molecule has 4 aliphatic carbocycles. The summed E-state index contributed by atoms with van der Waals surface area (Å²) in [6.45, 7) is 11.5. The molecule has 4 heteroatoms. The van der Waals surface area contributed by atoms with E-state index < -0.39 is 6.10 Å². The molecule has 0 amide bonds. The van der Waals surface area contributed by atoms with Gasteiger partial charge in [0.15, 0.2) is 0 Å². The predicted molar refractivity (Wildman–Crippen MR) is 131 cm³/mol. The lowest BCUT2D eigenvalue weighted by molar-refractivity contribution is -0.153. The summed E-state index contributed by atoms with van der Waals surface area (Å²) in [6, 6.07) is 0. The van der Waals surface area contributed by atoms with Crippen LogP contribution in [0.4, 0.5) is 0 Å². The van der Waals surface area contributed by atoms with E-state index >= 15 is 0 Å². The Labute approximate surface area is 201 Å². The third-order valence-electron chi connectivity index (χ3n) is 10.6. The van der Waals surface area contributed by atoms with Gasteiger partial charge in [-0.05, 0) is 85.9 Å². The van der Waals surface area contributed by atoms with Gasteiger partial charge in [-0.25, -0.2) is 0 Å². The van der Waals surface area contributed by atoms with Gasteiger partial charge < -0.3 is 14.9 Å². The maximum atomic E-state index is 11.8. The fraction of sp³-hybridized carbons (Fsp3) is 0.897. The van der Waals surface area contributed by atoms with Gasteiger partial charge in [0.2, 0.25) is 0 Å². The molecule has 3 fully saturated rings. The van der Waals surface area contributed by atoms with Gasteiger partial charge in [0.25, 0.3) is 0 Å². The van der Waals surface area contributed by atoms with E-state index in [0.717, 1.165) is 42.6 Å². The number of aliphatic hydroxyl groups excluding tert-OH is 2.